The van der Waals surface area contributed by atoms with Crippen molar-refractivity contribution in [2.75, 3.05) is 12.0 Å². The smallest absolute Gasteiger partial charge is 0.0693 e. The summed E-state index contributed by atoms with van der Waals surface area (Å²) in [6.07, 6.45) is 6.39. The molecule has 2 rings (SSSR count). The summed E-state index contributed by atoms with van der Waals surface area (Å²) in [4.78, 5) is 0. The second-order valence-electron chi connectivity index (χ2n) is 5.04. The molecular formula is C15H23NOS. The maximum absolute atomic E-state index is 10.1. The van der Waals surface area contributed by atoms with Gasteiger partial charge in [0.1, 0.15) is 0 Å². The van der Waals surface area contributed by atoms with Crippen molar-refractivity contribution in [3.63, 3.8) is 0 Å². The molecular weight excluding hydrogens is 242 g/mol. The van der Waals surface area contributed by atoms with Gasteiger partial charge < -0.3 is 10.4 Å². The highest BCUT2D eigenvalue weighted by Gasteiger charge is 2.25. The molecule has 1 fully saturated rings. The first-order chi connectivity index (χ1) is 8.81. The summed E-state index contributed by atoms with van der Waals surface area (Å²) < 4.78 is 0. The number of thioether (sulfide) groups is 1. The zero-order valence-corrected chi connectivity index (χ0v) is 11.8. The Bertz CT molecular complexity index is 344. The van der Waals surface area contributed by atoms with E-state index in [2.05, 4.69) is 41.9 Å². The predicted molar refractivity (Wildman–Crippen MR) is 79.0 cm³/mol. The van der Waals surface area contributed by atoms with Gasteiger partial charge in [0.25, 0.3) is 0 Å². The molecule has 1 aliphatic rings. The largest absolute Gasteiger partial charge is 0.392 e. The van der Waals surface area contributed by atoms with Crippen molar-refractivity contribution in [1.82, 2.24) is 5.32 Å². The molecule has 100 valence electrons. The third-order valence-corrected chi connectivity index (χ3v) is 4.35. The lowest BCUT2D eigenvalue weighted by Crippen LogP contribution is -2.44. The third kappa shape index (κ3) is 3.74. The highest BCUT2D eigenvalue weighted by atomic mass is 32.2. The Balaban J connectivity index is 2.01. The molecule has 0 radical (unpaired) electrons. The fourth-order valence-corrected chi connectivity index (χ4v) is 3.28. The minimum atomic E-state index is -0.174. The summed E-state index contributed by atoms with van der Waals surface area (Å²) in [5.74, 6) is 1.05. The number of rotatable bonds is 5. The Morgan fingerprint density at radius 2 is 2.00 bits per heavy atom. The second kappa shape index (κ2) is 7.17. The van der Waals surface area contributed by atoms with Gasteiger partial charge in [0, 0.05) is 17.8 Å². The Hall–Kier alpha value is -0.510. The molecule has 1 aliphatic carbocycles. The maximum Gasteiger partial charge on any atom is 0.0693 e. The van der Waals surface area contributed by atoms with Crippen LogP contribution < -0.4 is 5.32 Å². The minimum absolute atomic E-state index is 0.174. The Labute approximate surface area is 114 Å². The highest BCUT2D eigenvalue weighted by Crippen LogP contribution is 2.23. The van der Waals surface area contributed by atoms with Crippen LogP contribution in [0.4, 0.5) is 0 Å². The fourth-order valence-electron chi connectivity index (χ4n) is 2.66. The van der Waals surface area contributed by atoms with Crippen molar-refractivity contribution < 1.29 is 5.11 Å². The molecule has 1 aromatic carbocycles. The van der Waals surface area contributed by atoms with E-state index in [-0.39, 0.29) is 12.1 Å². The van der Waals surface area contributed by atoms with Crippen LogP contribution in [0.15, 0.2) is 30.3 Å². The lowest BCUT2D eigenvalue weighted by molar-refractivity contribution is 0.0863. The van der Waals surface area contributed by atoms with E-state index in [1.165, 1.54) is 12.0 Å². The van der Waals surface area contributed by atoms with E-state index in [1.807, 2.05) is 11.8 Å². The number of aliphatic hydroxyl groups excluding tert-OH is 1. The van der Waals surface area contributed by atoms with Crippen molar-refractivity contribution >= 4 is 11.8 Å². The van der Waals surface area contributed by atoms with Gasteiger partial charge in [-0.15, -0.1) is 0 Å². The molecule has 0 saturated heterocycles. The summed E-state index contributed by atoms with van der Waals surface area (Å²) in [5.41, 5.74) is 1.32. The molecule has 0 spiro atoms. The van der Waals surface area contributed by atoms with Crippen LogP contribution >= 0.6 is 11.8 Å². The Kier molecular flexibility index (Phi) is 5.54. The molecule has 2 nitrogen and oxygen atoms in total. The van der Waals surface area contributed by atoms with E-state index in [9.17, 15) is 5.11 Å². The normalized spacial score (nSPS) is 25.9. The van der Waals surface area contributed by atoms with Crippen LogP contribution in [0.3, 0.4) is 0 Å². The number of aliphatic hydroxyl groups is 1. The second-order valence-corrected chi connectivity index (χ2v) is 5.95. The van der Waals surface area contributed by atoms with Crippen LogP contribution in [0.5, 0.6) is 0 Å². The summed E-state index contributed by atoms with van der Waals surface area (Å²) in [6.45, 7) is 0. The Morgan fingerprint density at radius 1 is 1.28 bits per heavy atom. The third-order valence-electron chi connectivity index (χ3n) is 3.68. The molecule has 0 amide bonds. The number of hydrogen-bond donors (Lipinski definition) is 2. The van der Waals surface area contributed by atoms with Crippen LogP contribution in [-0.2, 0) is 0 Å². The average Bonchev–Trinajstić information content (AvgIpc) is 2.42. The molecule has 0 aromatic heterocycles. The standard InChI is InChI=1S/C15H23NOS/c1-18-11-14(12-7-3-2-4-8-12)16-13-9-5-6-10-15(13)17/h2-4,7-8,13-17H,5-6,9-11H2,1H3/t13-,14-,15+/m0/s1. The molecule has 0 aliphatic heterocycles. The Morgan fingerprint density at radius 3 is 2.67 bits per heavy atom. The van der Waals surface area contributed by atoms with Crippen molar-refractivity contribution in [3.8, 4) is 0 Å². The molecule has 1 saturated carbocycles. The minimum Gasteiger partial charge on any atom is -0.392 e. The lowest BCUT2D eigenvalue weighted by atomic mass is 9.91. The maximum atomic E-state index is 10.1. The summed E-state index contributed by atoms with van der Waals surface area (Å²) in [7, 11) is 0. The van der Waals surface area contributed by atoms with Crippen LogP contribution in [0.1, 0.15) is 37.3 Å². The SMILES string of the molecule is CSC[C@H](N[C@H]1CCCC[C@H]1O)c1ccccc1. The van der Waals surface area contributed by atoms with E-state index in [1.54, 1.807) is 0 Å². The van der Waals surface area contributed by atoms with Gasteiger partial charge in [-0.25, -0.2) is 0 Å². The lowest BCUT2D eigenvalue weighted by Gasteiger charge is -2.32. The van der Waals surface area contributed by atoms with E-state index in [4.69, 9.17) is 0 Å². The quantitative estimate of drug-likeness (QED) is 0.858. The van der Waals surface area contributed by atoms with Gasteiger partial charge in [0.15, 0.2) is 0 Å². The number of nitrogens with one attached hydrogen (secondary N) is 1. The summed E-state index contributed by atoms with van der Waals surface area (Å²) in [6, 6.07) is 11.2. The predicted octanol–water partition coefficient (Wildman–Crippen LogP) is 2.98. The number of benzene rings is 1. The van der Waals surface area contributed by atoms with Crippen LogP contribution in [-0.4, -0.2) is 29.3 Å². The van der Waals surface area contributed by atoms with Gasteiger partial charge in [-0.1, -0.05) is 43.2 Å². The average molecular weight is 265 g/mol. The molecule has 1 aromatic rings. The first-order valence-corrected chi connectivity index (χ1v) is 8.18. The van der Waals surface area contributed by atoms with Crippen LogP contribution in [0.2, 0.25) is 0 Å². The van der Waals surface area contributed by atoms with Gasteiger partial charge in [-0.2, -0.15) is 11.8 Å². The first kappa shape index (κ1) is 13.9. The topological polar surface area (TPSA) is 32.3 Å². The van der Waals surface area contributed by atoms with Crippen molar-refractivity contribution in [2.24, 2.45) is 0 Å². The van der Waals surface area contributed by atoms with Gasteiger partial charge in [-0.05, 0) is 24.7 Å². The molecule has 3 atom stereocenters. The molecule has 0 unspecified atom stereocenters. The number of hydrogen-bond acceptors (Lipinski definition) is 3. The van der Waals surface area contributed by atoms with E-state index in [0.29, 0.717) is 6.04 Å². The van der Waals surface area contributed by atoms with E-state index in [0.717, 1.165) is 25.0 Å². The van der Waals surface area contributed by atoms with E-state index < -0.39 is 0 Å². The van der Waals surface area contributed by atoms with Crippen molar-refractivity contribution in [2.45, 2.75) is 43.9 Å². The van der Waals surface area contributed by atoms with Gasteiger partial charge >= 0.3 is 0 Å². The monoisotopic (exact) mass is 265 g/mol. The fraction of sp³-hybridized carbons (Fsp3) is 0.600. The van der Waals surface area contributed by atoms with Gasteiger partial charge in [-0.3, -0.25) is 0 Å². The molecule has 18 heavy (non-hydrogen) atoms. The highest BCUT2D eigenvalue weighted by molar-refractivity contribution is 7.98. The zero-order chi connectivity index (χ0) is 12.8. The summed E-state index contributed by atoms with van der Waals surface area (Å²) >= 11 is 1.85. The molecule has 0 heterocycles. The van der Waals surface area contributed by atoms with Crippen molar-refractivity contribution in [3.05, 3.63) is 35.9 Å². The zero-order valence-electron chi connectivity index (χ0n) is 11.0. The molecule has 3 heteroatoms. The van der Waals surface area contributed by atoms with Gasteiger partial charge in [0.05, 0.1) is 6.10 Å². The van der Waals surface area contributed by atoms with E-state index >= 15 is 0 Å². The van der Waals surface area contributed by atoms with Crippen LogP contribution in [0, 0.1) is 0 Å². The van der Waals surface area contributed by atoms with Gasteiger partial charge in [0.2, 0.25) is 0 Å². The first-order valence-electron chi connectivity index (χ1n) is 6.79. The molecule has 2 N–H and O–H groups in total. The molecule has 0 bridgehead atoms. The van der Waals surface area contributed by atoms with Crippen molar-refractivity contribution in [1.29, 1.82) is 0 Å². The summed E-state index contributed by atoms with van der Waals surface area (Å²) in [5, 5.41) is 13.7. The van der Waals surface area contributed by atoms with Crippen LogP contribution in [0.25, 0.3) is 0 Å².